The average Bonchev–Trinajstić information content (AvgIpc) is 3.36. The Morgan fingerprint density at radius 1 is 1.00 bits per heavy atom. The van der Waals surface area contributed by atoms with Gasteiger partial charge in [-0.2, -0.15) is 0 Å². The molecule has 3 saturated heterocycles. The fourth-order valence-electron chi connectivity index (χ4n) is 9.78. The van der Waals surface area contributed by atoms with Crippen molar-refractivity contribution in [1.82, 2.24) is 0 Å². The molecule has 0 aromatic rings. The van der Waals surface area contributed by atoms with Crippen LogP contribution in [0.3, 0.4) is 0 Å². The van der Waals surface area contributed by atoms with Crippen molar-refractivity contribution in [3.8, 4) is 0 Å². The van der Waals surface area contributed by atoms with E-state index in [9.17, 15) is 54.9 Å². The molecule has 0 aromatic carbocycles. The first-order valence-electron chi connectivity index (χ1n) is 16.3. The monoisotopic (exact) mass is 700 g/mol. The molecular weight excluding hydrogens is 656 g/mol. The minimum atomic E-state index is -2.39. The lowest BCUT2D eigenvalue weighted by molar-refractivity contribution is -0.303. The largest absolute Gasteiger partial charge is 0.467 e. The molecule has 0 radical (unpaired) electrons. The van der Waals surface area contributed by atoms with Crippen molar-refractivity contribution < 1.29 is 83.3 Å². The second-order valence-electron chi connectivity index (χ2n) is 14.8. The minimum Gasteiger partial charge on any atom is -0.467 e. The number of esters is 3. The highest BCUT2D eigenvalue weighted by Gasteiger charge is 2.86. The lowest BCUT2D eigenvalue weighted by atomic mass is 9.37. The first-order valence-corrected chi connectivity index (χ1v) is 16.3. The summed E-state index contributed by atoms with van der Waals surface area (Å²) in [6.45, 7) is 5.32. The molecule has 17 heteroatoms. The number of hydrogen-bond acceptors (Lipinski definition) is 17. The van der Waals surface area contributed by atoms with Gasteiger partial charge in [0, 0.05) is 23.2 Å². The zero-order valence-electron chi connectivity index (χ0n) is 27.6. The summed E-state index contributed by atoms with van der Waals surface area (Å²) < 4.78 is 33.9. The highest BCUT2D eigenvalue weighted by Crippen LogP contribution is 2.73. The molecular formula is C32H44O17. The number of carbonyl (C=O) groups excluding carboxylic acids is 4. The molecule has 0 unspecified atom stereocenters. The van der Waals surface area contributed by atoms with Gasteiger partial charge in [0.1, 0.15) is 42.7 Å². The normalized spacial score (nSPS) is 48.8. The Morgan fingerprint density at radius 2 is 1.67 bits per heavy atom. The zero-order chi connectivity index (χ0) is 36.1. The number of carbonyl (C=O) groups is 4. The number of methoxy groups -OCH3 is 1. The molecule has 5 fully saturated rings. The first-order chi connectivity index (χ1) is 22.9. The van der Waals surface area contributed by atoms with Crippen LogP contribution in [0.1, 0.15) is 40.5 Å². The van der Waals surface area contributed by atoms with E-state index >= 15 is 0 Å². The molecule has 49 heavy (non-hydrogen) atoms. The lowest BCUT2D eigenvalue weighted by Gasteiger charge is -2.67. The van der Waals surface area contributed by atoms with Gasteiger partial charge in [0.15, 0.2) is 5.76 Å². The second kappa shape index (κ2) is 12.2. The van der Waals surface area contributed by atoms with E-state index in [4.69, 9.17) is 28.4 Å². The summed E-state index contributed by atoms with van der Waals surface area (Å²) in [6, 6.07) is 0. The summed E-state index contributed by atoms with van der Waals surface area (Å²) in [5.41, 5.74) is -5.47. The molecule has 0 amide bonds. The SMILES string of the molecule is COC(=O)[C@@]12OC[C@]34[C@H]([C@@H](O)[C@@H]1O)[C@@]1(C)[C@H](O)C(=O)C(O[C@H]5O[C@H](CO)[C@@H](O)[C@H](O)[C@H]5O)=C(C)[C@@H]1C[C@H]3OC(=O)[C@H](OC(=O)CC(C)C)[C@@H]24. The number of allylic oxidation sites excluding steroid dienone is 1. The fraction of sp³-hybridized carbons (Fsp3) is 0.812. The fourth-order valence-corrected chi connectivity index (χ4v) is 9.78. The average molecular weight is 701 g/mol. The highest BCUT2D eigenvalue weighted by molar-refractivity contribution is 5.99. The third-order valence-electron chi connectivity index (χ3n) is 11.9. The van der Waals surface area contributed by atoms with Crippen molar-refractivity contribution in [1.29, 1.82) is 0 Å². The van der Waals surface area contributed by atoms with E-state index in [1.54, 1.807) is 13.8 Å². The summed E-state index contributed by atoms with van der Waals surface area (Å²) in [7, 11) is 1.03. The molecule has 17 nitrogen and oxygen atoms in total. The summed E-state index contributed by atoms with van der Waals surface area (Å²) in [4.78, 5) is 54.3. The van der Waals surface area contributed by atoms with Gasteiger partial charge in [0.25, 0.3) is 0 Å². The number of ether oxygens (including phenoxy) is 6. The van der Waals surface area contributed by atoms with Crippen molar-refractivity contribution in [2.75, 3.05) is 20.3 Å². The summed E-state index contributed by atoms with van der Waals surface area (Å²) in [6.07, 6.45) is -17.6. The molecule has 3 aliphatic carbocycles. The van der Waals surface area contributed by atoms with Gasteiger partial charge in [-0.15, -0.1) is 0 Å². The van der Waals surface area contributed by atoms with Gasteiger partial charge >= 0.3 is 17.9 Å². The number of aliphatic hydroxyl groups excluding tert-OH is 7. The Kier molecular flexibility index (Phi) is 8.98. The van der Waals surface area contributed by atoms with E-state index < -0.39 is 138 Å². The van der Waals surface area contributed by atoms with Crippen LogP contribution in [0.4, 0.5) is 0 Å². The van der Waals surface area contributed by atoms with Gasteiger partial charge in [-0.25, -0.2) is 9.59 Å². The third kappa shape index (κ3) is 4.70. The molecule has 2 bridgehead atoms. The van der Waals surface area contributed by atoms with Crippen molar-refractivity contribution in [3.63, 3.8) is 0 Å². The van der Waals surface area contributed by atoms with Gasteiger partial charge in [0.05, 0.1) is 32.3 Å². The van der Waals surface area contributed by atoms with E-state index in [1.807, 2.05) is 0 Å². The number of ketones is 1. The van der Waals surface area contributed by atoms with E-state index in [1.165, 1.54) is 13.8 Å². The lowest BCUT2D eigenvalue weighted by Crippen LogP contribution is -2.80. The van der Waals surface area contributed by atoms with Gasteiger partial charge in [0.2, 0.25) is 23.8 Å². The van der Waals surface area contributed by atoms with Crippen LogP contribution in [0.2, 0.25) is 0 Å². The maximum Gasteiger partial charge on any atom is 0.348 e. The summed E-state index contributed by atoms with van der Waals surface area (Å²) >= 11 is 0. The van der Waals surface area contributed by atoms with Crippen LogP contribution in [-0.4, -0.2) is 147 Å². The van der Waals surface area contributed by atoms with Gasteiger partial charge in [-0.1, -0.05) is 20.8 Å². The predicted molar refractivity (Wildman–Crippen MR) is 156 cm³/mol. The molecule has 2 saturated carbocycles. The van der Waals surface area contributed by atoms with Crippen LogP contribution in [0.5, 0.6) is 0 Å². The van der Waals surface area contributed by atoms with E-state index in [2.05, 4.69) is 0 Å². The van der Waals surface area contributed by atoms with Crippen LogP contribution in [0, 0.1) is 34.5 Å². The third-order valence-corrected chi connectivity index (χ3v) is 11.9. The van der Waals surface area contributed by atoms with E-state index in [-0.39, 0.29) is 24.3 Å². The van der Waals surface area contributed by atoms with Crippen LogP contribution in [0.15, 0.2) is 11.3 Å². The predicted octanol–water partition coefficient (Wildman–Crippen LogP) is -3.17. The Bertz CT molecular complexity index is 1430. The van der Waals surface area contributed by atoms with Crippen molar-refractivity contribution in [2.24, 2.45) is 34.5 Å². The van der Waals surface area contributed by atoms with Crippen molar-refractivity contribution in [3.05, 3.63) is 11.3 Å². The van der Waals surface area contributed by atoms with Crippen LogP contribution >= 0.6 is 0 Å². The summed E-state index contributed by atoms with van der Waals surface area (Å²) in [5, 5.41) is 76.3. The second-order valence-corrected chi connectivity index (χ2v) is 14.8. The molecule has 7 N–H and O–H groups in total. The number of Topliss-reactive ketones (excluding diaryl/α,β-unsaturated/α-hetero) is 1. The standard InChI is InChI=1S/C32H44O17/c1-10(2)6-15(34)48-22-24-31-9-45-32(24,29(43)44-5)26(41)20(39)23(31)30(4)12(7-14(31)47-27(22)42)11(3)21(19(38)25(30)40)49-28-18(37)17(36)16(35)13(8-33)46-28/h10,12-14,16-18,20,22-26,28,33,35-37,39-41H,6-9H2,1-5H3/t12-,13+,14+,16+,17-,18+,20+,22+,23+,24+,25+,26-,28+,30-,31+,32-/m0/s1. The van der Waals surface area contributed by atoms with Crippen molar-refractivity contribution in [2.45, 2.75) is 107 Å². The topological polar surface area (TPSA) is 265 Å². The Hall–Kier alpha value is -2.74. The van der Waals surface area contributed by atoms with Gasteiger partial charge in [-0.3, -0.25) is 9.59 Å². The van der Waals surface area contributed by atoms with Gasteiger partial charge in [-0.05, 0) is 30.8 Å². The summed E-state index contributed by atoms with van der Waals surface area (Å²) in [5.74, 6) is -8.31. The molecule has 3 aliphatic heterocycles. The first kappa shape index (κ1) is 36.1. The van der Waals surface area contributed by atoms with Crippen LogP contribution in [-0.2, 0) is 47.6 Å². The molecule has 6 rings (SSSR count). The molecule has 3 heterocycles. The number of fused-ring (bicyclic) bond motifs is 2. The smallest absolute Gasteiger partial charge is 0.348 e. The maximum absolute atomic E-state index is 14.0. The number of hydrogen-bond donors (Lipinski definition) is 7. The molecule has 0 aromatic heterocycles. The van der Waals surface area contributed by atoms with Crippen LogP contribution < -0.4 is 0 Å². The molecule has 274 valence electrons. The Morgan fingerprint density at radius 3 is 2.29 bits per heavy atom. The quantitative estimate of drug-likeness (QED) is 0.102. The van der Waals surface area contributed by atoms with E-state index in [0.717, 1.165) is 7.11 Å². The Labute approximate surface area is 280 Å². The molecule has 6 aliphatic rings. The Balaban J connectivity index is 1.46. The minimum absolute atomic E-state index is 0.0954. The van der Waals surface area contributed by atoms with Gasteiger partial charge < -0.3 is 64.2 Å². The zero-order valence-corrected chi connectivity index (χ0v) is 27.6. The van der Waals surface area contributed by atoms with E-state index in [0.29, 0.717) is 0 Å². The molecule has 16 atom stereocenters. The van der Waals surface area contributed by atoms with Crippen molar-refractivity contribution >= 4 is 23.7 Å². The number of rotatable bonds is 7. The number of aliphatic hydroxyl groups is 7. The van der Waals surface area contributed by atoms with Crippen LogP contribution in [0.25, 0.3) is 0 Å². The molecule has 1 spiro atoms. The highest BCUT2D eigenvalue weighted by atomic mass is 16.7. The maximum atomic E-state index is 14.0.